The summed E-state index contributed by atoms with van der Waals surface area (Å²) in [5, 5.41) is 13.2. The Hall–Kier alpha value is -2.70. The van der Waals surface area contributed by atoms with Gasteiger partial charge < -0.3 is 9.84 Å². The van der Waals surface area contributed by atoms with Gasteiger partial charge in [0.1, 0.15) is 6.54 Å². The summed E-state index contributed by atoms with van der Waals surface area (Å²) < 4.78 is 5.39. The molecular formula is C12H10N2O5. The summed E-state index contributed by atoms with van der Waals surface area (Å²) in [5.41, 5.74) is -0.342. The van der Waals surface area contributed by atoms with Crippen LogP contribution in [0.1, 0.15) is 10.4 Å². The molecule has 0 unspecified atom stereocenters. The highest BCUT2D eigenvalue weighted by atomic mass is 16.5. The van der Waals surface area contributed by atoms with E-state index in [-0.39, 0.29) is 10.9 Å². The number of aromatic nitrogens is 2. The molecule has 2 aromatic rings. The van der Waals surface area contributed by atoms with Crippen molar-refractivity contribution in [2.45, 2.75) is 6.54 Å². The highest BCUT2D eigenvalue weighted by Crippen LogP contribution is 2.12. The summed E-state index contributed by atoms with van der Waals surface area (Å²) in [7, 11) is 1.24. The normalized spacial score (nSPS) is 10.4. The second-order valence-corrected chi connectivity index (χ2v) is 3.79. The summed E-state index contributed by atoms with van der Waals surface area (Å²) in [6.45, 7) is -0.531. The van der Waals surface area contributed by atoms with Crippen LogP contribution in [0.25, 0.3) is 10.8 Å². The van der Waals surface area contributed by atoms with Crippen LogP contribution in [0.15, 0.2) is 29.2 Å². The maximum atomic E-state index is 12.0. The predicted octanol–water partition coefficient (Wildman–Crippen LogP) is 0.268. The minimum Gasteiger partial charge on any atom is -0.480 e. The van der Waals surface area contributed by atoms with E-state index in [4.69, 9.17) is 5.11 Å². The Bertz CT molecular complexity index is 720. The molecule has 7 heteroatoms. The van der Waals surface area contributed by atoms with Crippen molar-refractivity contribution in [1.29, 1.82) is 0 Å². The zero-order valence-corrected chi connectivity index (χ0v) is 9.99. The number of nitrogens with zero attached hydrogens (tertiary/aromatic N) is 2. The molecule has 1 N–H and O–H groups in total. The number of fused-ring (bicyclic) bond motifs is 1. The Morgan fingerprint density at radius 2 is 2.16 bits per heavy atom. The van der Waals surface area contributed by atoms with E-state index in [2.05, 4.69) is 9.84 Å². The first-order valence-corrected chi connectivity index (χ1v) is 5.33. The number of esters is 1. The lowest BCUT2D eigenvalue weighted by molar-refractivity contribution is -0.138. The van der Waals surface area contributed by atoms with Gasteiger partial charge in [0.05, 0.1) is 24.3 Å². The van der Waals surface area contributed by atoms with Gasteiger partial charge in [0, 0.05) is 5.39 Å². The third-order valence-corrected chi connectivity index (χ3v) is 2.56. The average Bonchev–Trinajstić information content (AvgIpc) is 2.40. The Balaban J connectivity index is 2.62. The van der Waals surface area contributed by atoms with Crippen LogP contribution in [0.5, 0.6) is 0 Å². The average molecular weight is 262 g/mol. The first-order chi connectivity index (χ1) is 9.02. The number of ether oxygens (including phenoxy) is 1. The Labute approximate surface area is 107 Å². The van der Waals surface area contributed by atoms with E-state index in [9.17, 15) is 14.4 Å². The summed E-state index contributed by atoms with van der Waals surface area (Å²) in [6, 6.07) is 4.43. The molecule has 7 nitrogen and oxygen atoms in total. The van der Waals surface area contributed by atoms with E-state index in [0.717, 1.165) is 4.68 Å². The van der Waals surface area contributed by atoms with Gasteiger partial charge in [0.25, 0.3) is 5.56 Å². The van der Waals surface area contributed by atoms with E-state index in [1.54, 1.807) is 6.07 Å². The van der Waals surface area contributed by atoms with E-state index >= 15 is 0 Å². The molecule has 0 fully saturated rings. The van der Waals surface area contributed by atoms with Crippen molar-refractivity contribution in [3.8, 4) is 0 Å². The van der Waals surface area contributed by atoms with Gasteiger partial charge in [-0.25, -0.2) is 9.48 Å². The molecule has 0 atom stereocenters. The smallest absolute Gasteiger partial charge is 0.337 e. The molecule has 0 aliphatic rings. The van der Waals surface area contributed by atoms with Crippen molar-refractivity contribution in [2.75, 3.05) is 7.11 Å². The van der Waals surface area contributed by atoms with Crippen molar-refractivity contribution in [1.82, 2.24) is 9.78 Å². The Kier molecular flexibility index (Phi) is 3.28. The lowest BCUT2D eigenvalue weighted by atomic mass is 10.1. The topological polar surface area (TPSA) is 98.5 Å². The molecule has 0 amide bonds. The third-order valence-electron chi connectivity index (χ3n) is 2.56. The van der Waals surface area contributed by atoms with Crippen LogP contribution in [0.2, 0.25) is 0 Å². The number of rotatable bonds is 3. The van der Waals surface area contributed by atoms with Gasteiger partial charge in [-0.05, 0) is 12.1 Å². The second-order valence-electron chi connectivity index (χ2n) is 3.79. The predicted molar refractivity (Wildman–Crippen MR) is 65.0 cm³/mol. The molecule has 0 aliphatic heterocycles. The van der Waals surface area contributed by atoms with Crippen molar-refractivity contribution < 1.29 is 19.4 Å². The largest absolute Gasteiger partial charge is 0.480 e. The van der Waals surface area contributed by atoms with Crippen LogP contribution < -0.4 is 5.56 Å². The van der Waals surface area contributed by atoms with E-state index in [1.165, 1.54) is 25.4 Å². The molecule has 0 bridgehead atoms. The molecular weight excluding hydrogens is 252 g/mol. The van der Waals surface area contributed by atoms with Gasteiger partial charge in [-0.3, -0.25) is 9.59 Å². The number of hydrogen-bond donors (Lipinski definition) is 1. The number of carboxylic acid groups (broad SMARTS) is 1. The molecule has 19 heavy (non-hydrogen) atoms. The fourth-order valence-corrected chi connectivity index (χ4v) is 1.66. The summed E-state index contributed by atoms with van der Waals surface area (Å²) in [4.78, 5) is 34.0. The first-order valence-electron chi connectivity index (χ1n) is 5.33. The van der Waals surface area contributed by atoms with Gasteiger partial charge in [-0.2, -0.15) is 5.10 Å². The molecule has 1 aromatic carbocycles. The first kappa shape index (κ1) is 12.7. The van der Waals surface area contributed by atoms with Gasteiger partial charge in [-0.15, -0.1) is 0 Å². The van der Waals surface area contributed by atoms with Crippen molar-refractivity contribution in [3.63, 3.8) is 0 Å². The number of methoxy groups -OCH3 is 1. The maximum Gasteiger partial charge on any atom is 0.337 e. The number of carbonyl (C=O) groups is 2. The maximum absolute atomic E-state index is 12.0. The molecule has 0 saturated carbocycles. The van der Waals surface area contributed by atoms with Crippen LogP contribution >= 0.6 is 0 Å². The van der Waals surface area contributed by atoms with E-state index in [1.807, 2.05) is 0 Å². The molecule has 0 saturated heterocycles. The molecule has 0 aliphatic carbocycles. The summed E-state index contributed by atoms with van der Waals surface area (Å²) >= 11 is 0. The quantitative estimate of drug-likeness (QED) is 0.797. The fraction of sp³-hybridized carbons (Fsp3) is 0.167. The summed E-state index contributed by atoms with van der Waals surface area (Å²) in [5.74, 6) is -1.74. The number of carboxylic acids is 1. The highest BCUT2D eigenvalue weighted by molar-refractivity contribution is 5.94. The van der Waals surface area contributed by atoms with Crippen LogP contribution in [0.3, 0.4) is 0 Å². The Morgan fingerprint density at radius 1 is 1.42 bits per heavy atom. The molecule has 0 spiro atoms. The second kappa shape index (κ2) is 4.89. The van der Waals surface area contributed by atoms with Crippen molar-refractivity contribution in [2.24, 2.45) is 0 Å². The van der Waals surface area contributed by atoms with Crippen LogP contribution in [-0.4, -0.2) is 33.9 Å². The SMILES string of the molecule is COC(=O)c1ccc2cnn(CC(=O)O)c(=O)c2c1. The zero-order chi connectivity index (χ0) is 14.0. The Morgan fingerprint density at radius 3 is 2.79 bits per heavy atom. The van der Waals surface area contributed by atoms with Gasteiger partial charge >= 0.3 is 11.9 Å². The lowest BCUT2D eigenvalue weighted by Gasteiger charge is -2.04. The van der Waals surface area contributed by atoms with Gasteiger partial charge in [0.2, 0.25) is 0 Å². The summed E-state index contributed by atoms with van der Waals surface area (Å²) in [6.07, 6.45) is 1.38. The minimum atomic E-state index is -1.17. The van der Waals surface area contributed by atoms with Gasteiger partial charge in [-0.1, -0.05) is 6.07 Å². The standard InChI is InChI=1S/C12H10N2O5/c1-19-12(18)7-2-3-8-5-13-14(6-10(15)16)11(17)9(8)4-7/h2-5H,6H2,1H3,(H,15,16). The minimum absolute atomic E-state index is 0.221. The molecule has 0 radical (unpaired) electrons. The number of carbonyl (C=O) groups excluding carboxylic acids is 1. The highest BCUT2D eigenvalue weighted by Gasteiger charge is 2.11. The zero-order valence-electron chi connectivity index (χ0n) is 9.99. The third kappa shape index (κ3) is 2.44. The number of hydrogen-bond acceptors (Lipinski definition) is 5. The fourth-order valence-electron chi connectivity index (χ4n) is 1.66. The van der Waals surface area contributed by atoms with E-state index in [0.29, 0.717) is 5.39 Å². The van der Waals surface area contributed by atoms with Crippen LogP contribution in [0.4, 0.5) is 0 Å². The van der Waals surface area contributed by atoms with Gasteiger partial charge in [0.15, 0.2) is 0 Å². The monoisotopic (exact) mass is 262 g/mol. The van der Waals surface area contributed by atoms with Crippen molar-refractivity contribution >= 4 is 22.7 Å². The number of aliphatic carboxylic acids is 1. The number of benzene rings is 1. The van der Waals surface area contributed by atoms with Crippen LogP contribution in [0, 0.1) is 0 Å². The van der Waals surface area contributed by atoms with Crippen LogP contribution in [-0.2, 0) is 16.1 Å². The molecule has 1 heterocycles. The van der Waals surface area contributed by atoms with E-state index < -0.39 is 24.0 Å². The van der Waals surface area contributed by atoms with Crippen molar-refractivity contribution in [3.05, 3.63) is 40.3 Å². The lowest BCUT2D eigenvalue weighted by Crippen LogP contribution is -2.26. The molecule has 2 rings (SSSR count). The molecule has 1 aromatic heterocycles. The molecule has 98 valence electrons.